The summed E-state index contributed by atoms with van der Waals surface area (Å²) in [6.07, 6.45) is 3.67. The molecule has 1 aromatic rings. The highest BCUT2D eigenvalue weighted by molar-refractivity contribution is 5.92. The third kappa shape index (κ3) is 3.19. The number of amides is 1. The van der Waals surface area contributed by atoms with Gasteiger partial charge in [0.05, 0.1) is 0 Å². The fourth-order valence-electron chi connectivity index (χ4n) is 3.68. The Bertz CT molecular complexity index is 518. The molecule has 3 heterocycles. The van der Waals surface area contributed by atoms with Crippen LogP contribution >= 0.6 is 0 Å². The first-order valence-corrected chi connectivity index (χ1v) is 8.49. The first-order valence-electron chi connectivity index (χ1n) is 8.49. The van der Waals surface area contributed by atoms with Crippen molar-refractivity contribution < 1.29 is 9.32 Å². The monoisotopic (exact) mass is 305 g/mol. The normalized spacial score (nSPS) is 24.4. The van der Waals surface area contributed by atoms with Gasteiger partial charge in [0.15, 0.2) is 5.69 Å². The first kappa shape index (κ1) is 15.5. The average Bonchev–Trinajstić information content (AvgIpc) is 3.17. The van der Waals surface area contributed by atoms with Crippen molar-refractivity contribution in [2.75, 3.05) is 33.2 Å². The van der Waals surface area contributed by atoms with E-state index in [0.717, 1.165) is 31.2 Å². The number of carbonyl (C=O) groups excluding carboxylic acids is 1. The summed E-state index contributed by atoms with van der Waals surface area (Å²) in [4.78, 5) is 16.9. The van der Waals surface area contributed by atoms with Crippen molar-refractivity contribution in [2.24, 2.45) is 11.8 Å². The number of hydrogen-bond donors (Lipinski definition) is 0. The minimum Gasteiger partial charge on any atom is -0.360 e. The highest BCUT2D eigenvalue weighted by Gasteiger charge is 2.34. The minimum atomic E-state index is 0.0334. The van der Waals surface area contributed by atoms with E-state index in [-0.39, 0.29) is 11.8 Å². The van der Waals surface area contributed by atoms with Gasteiger partial charge in [0.25, 0.3) is 5.91 Å². The van der Waals surface area contributed by atoms with Gasteiger partial charge in [-0.15, -0.1) is 0 Å². The third-order valence-electron chi connectivity index (χ3n) is 5.26. The van der Waals surface area contributed by atoms with Gasteiger partial charge in [-0.3, -0.25) is 4.79 Å². The molecule has 1 aromatic heterocycles. The second-order valence-electron chi connectivity index (χ2n) is 7.21. The lowest BCUT2D eigenvalue weighted by atomic mass is 9.84. The summed E-state index contributed by atoms with van der Waals surface area (Å²) in [5.74, 6) is 2.52. The number of aromatic nitrogens is 1. The largest absolute Gasteiger partial charge is 0.360 e. The van der Waals surface area contributed by atoms with Crippen LogP contribution in [0, 0.1) is 11.8 Å². The van der Waals surface area contributed by atoms with Crippen molar-refractivity contribution in [1.82, 2.24) is 15.0 Å². The molecule has 1 amide bonds. The summed E-state index contributed by atoms with van der Waals surface area (Å²) in [5, 5.41) is 3.96. The molecule has 0 unspecified atom stereocenters. The Balaban J connectivity index is 1.58. The number of carbonyl (C=O) groups is 1. The number of rotatable bonds is 3. The van der Waals surface area contributed by atoms with Crippen LogP contribution in [0.25, 0.3) is 0 Å². The van der Waals surface area contributed by atoms with Gasteiger partial charge in [-0.1, -0.05) is 19.0 Å². The van der Waals surface area contributed by atoms with E-state index >= 15 is 0 Å². The predicted octanol–water partition coefficient (Wildman–Crippen LogP) is 2.60. The van der Waals surface area contributed by atoms with Gasteiger partial charge in [-0.05, 0) is 51.2 Å². The summed E-state index contributed by atoms with van der Waals surface area (Å²) in [6, 6.07) is 1.80. The van der Waals surface area contributed by atoms with Crippen LogP contribution < -0.4 is 0 Å². The van der Waals surface area contributed by atoms with Crippen molar-refractivity contribution in [3.63, 3.8) is 0 Å². The third-order valence-corrected chi connectivity index (χ3v) is 5.26. The van der Waals surface area contributed by atoms with Crippen LogP contribution in [0.5, 0.6) is 0 Å². The smallest absolute Gasteiger partial charge is 0.276 e. The Kier molecular flexibility index (Phi) is 4.52. The zero-order chi connectivity index (χ0) is 15.7. The highest BCUT2D eigenvalue weighted by Crippen LogP contribution is 2.32. The van der Waals surface area contributed by atoms with Gasteiger partial charge in [-0.2, -0.15) is 0 Å². The quantitative estimate of drug-likeness (QED) is 0.861. The van der Waals surface area contributed by atoms with Gasteiger partial charge < -0.3 is 14.3 Å². The molecule has 0 spiro atoms. The molecule has 2 fully saturated rings. The molecule has 0 saturated carbocycles. The number of piperidine rings is 1. The van der Waals surface area contributed by atoms with Crippen molar-refractivity contribution in [3.8, 4) is 0 Å². The van der Waals surface area contributed by atoms with E-state index in [1.54, 1.807) is 6.07 Å². The van der Waals surface area contributed by atoms with Gasteiger partial charge in [0.2, 0.25) is 0 Å². The number of nitrogens with zero attached hydrogens (tertiary/aromatic N) is 3. The van der Waals surface area contributed by atoms with E-state index in [2.05, 4.69) is 17.1 Å². The lowest BCUT2D eigenvalue weighted by Gasteiger charge is -2.32. The molecule has 0 radical (unpaired) electrons. The lowest BCUT2D eigenvalue weighted by molar-refractivity contribution is 0.0765. The molecule has 0 N–H and O–H groups in total. The maximum absolute atomic E-state index is 12.6. The SMILES string of the molecule is CC(C)c1cc(C(=O)N2CC[C@H](C3CCN(C)CC3)C2)no1. The van der Waals surface area contributed by atoms with Crippen molar-refractivity contribution >= 4 is 5.91 Å². The summed E-state index contributed by atoms with van der Waals surface area (Å²) >= 11 is 0. The molecule has 3 rings (SSSR count). The lowest BCUT2D eigenvalue weighted by Crippen LogP contribution is -2.35. The maximum Gasteiger partial charge on any atom is 0.276 e. The number of likely N-dealkylation sites (tertiary alicyclic amines) is 2. The standard InChI is InChI=1S/C17H27N3O2/c1-12(2)16-10-15(18-22-16)17(21)20-9-6-14(11-20)13-4-7-19(3)8-5-13/h10,12-14H,4-9,11H2,1-3H3/t14-/m0/s1. The molecule has 0 aliphatic carbocycles. The van der Waals surface area contributed by atoms with Crippen LogP contribution in [-0.4, -0.2) is 54.1 Å². The molecule has 2 aliphatic rings. The van der Waals surface area contributed by atoms with Gasteiger partial charge >= 0.3 is 0 Å². The zero-order valence-electron chi connectivity index (χ0n) is 13.9. The molecule has 2 saturated heterocycles. The highest BCUT2D eigenvalue weighted by atomic mass is 16.5. The molecule has 1 atom stereocenters. The molecule has 0 bridgehead atoms. The van der Waals surface area contributed by atoms with Crippen LogP contribution in [0.2, 0.25) is 0 Å². The van der Waals surface area contributed by atoms with Crippen LogP contribution in [0.1, 0.15) is 55.3 Å². The molecule has 122 valence electrons. The predicted molar refractivity (Wildman–Crippen MR) is 84.8 cm³/mol. The van der Waals surface area contributed by atoms with E-state index in [1.807, 2.05) is 18.7 Å². The van der Waals surface area contributed by atoms with Crippen LogP contribution in [0.4, 0.5) is 0 Å². The van der Waals surface area contributed by atoms with Gasteiger partial charge in [-0.25, -0.2) is 0 Å². The average molecular weight is 305 g/mol. The van der Waals surface area contributed by atoms with Crippen LogP contribution in [0.3, 0.4) is 0 Å². The van der Waals surface area contributed by atoms with Gasteiger partial charge in [0.1, 0.15) is 5.76 Å². The number of hydrogen-bond acceptors (Lipinski definition) is 4. The van der Waals surface area contributed by atoms with Crippen LogP contribution in [0.15, 0.2) is 10.6 Å². The Labute approximate surface area is 132 Å². The molecule has 22 heavy (non-hydrogen) atoms. The molecule has 5 heteroatoms. The van der Waals surface area contributed by atoms with Crippen molar-refractivity contribution in [3.05, 3.63) is 17.5 Å². The topological polar surface area (TPSA) is 49.6 Å². The molecule has 0 aromatic carbocycles. The molecule has 5 nitrogen and oxygen atoms in total. The first-order chi connectivity index (χ1) is 10.5. The Morgan fingerprint density at radius 2 is 1.91 bits per heavy atom. The van der Waals surface area contributed by atoms with E-state index in [4.69, 9.17) is 4.52 Å². The minimum absolute atomic E-state index is 0.0334. The second-order valence-corrected chi connectivity index (χ2v) is 7.21. The van der Waals surface area contributed by atoms with Crippen LogP contribution in [-0.2, 0) is 0 Å². The maximum atomic E-state index is 12.6. The zero-order valence-corrected chi connectivity index (χ0v) is 13.9. The summed E-state index contributed by atoms with van der Waals surface area (Å²) in [7, 11) is 2.19. The molecule has 2 aliphatic heterocycles. The summed E-state index contributed by atoms with van der Waals surface area (Å²) in [5.41, 5.74) is 0.465. The Morgan fingerprint density at radius 3 is 2.55 bits per heavy atom. The Hall–Kier alpha value is -1.36. The van der Waals surface area contributed by atoms with Gasteiger partial charge in [0, 0.05) is 25.1 Å². The van der Waals surface area contributed by atoms with Crippen molar-refractivity contribution in [1.29, 1.82) is 0 Å². The fourth-order valence-corrected chi connectivity index (χ4v) is 3.68. The van der Waals surface area contributed by atoms with E-state index < -0.39 is 0 Å². The van der Waals surface area contributed by atoms with Crippen molar-refractivity contribution in [2.45, 2.75) is 39.0 Å². The van der Waals surface area contributed by atoms with E-state index in [1.165, 1.54) is 25.9 Å². The molecular formula is C17H27N3O2. The Morgan fingerprint density at radius 1 is 1.23 bits per heavy atom. The summed E-state index contributed by atoms with van der Waals surface area (Å²) in [6.45, 7) is 8.21. The fraction of sp³-hybridized carbons (Fsp3) is 0.765. The second kappa shape index (κ2) is 6.41. The molecular weight excluding hydrogens is 278 g/mol. The van der Waals surface area contributed by atoms with E-state index in [0.29, 0.717) is 11.6 Å². The summed E-state index contributed by atoms with van der Waals surface area (Å²) < 4.78 is 5.26. The van der Waals surface area contributed by atoms with E-state index in [9.17, 15) is 4.79 Å².